The van der Waals surface area contributed by atoms with Crippen LogP contribution in [0.1, 0.15) is 88.2 Å². The summed E-state index contributed by atoms with van der Waals surface area (Å²) < 4.78 is 22.5. The maximum Gasteiger partial charge on any atom is 0.407 e. The number of halogens is 2. The number of alkyl carbamates (subject to hydrolysis) is 2. The molecule has 2 aromatic carbocycles. The molecule has 4 aromatic rings. The van der Waals surface area contributed by atoms with E-state index < -0.39 is 24.3 Å². The topological polar surface area (TPSA) is 193 Å². The van der Waals surface area contributed by atoms with Crippen LogP contribution in [0, 0.1) is 23.7 Å². The number of benzene rings is 2. The second-order valence-corrected chi connectivity index (χ2v) is 18.8. The number of carbonyl (C=O) groups excluding carboxylic acids is 4. The molecular formula is C44H48Cl2N8O8. The van der Waals surface area contributed by atoms with Crippen LogP contribution in [0.25, 0.3) is 33.6 Å². The van der Waals surface area contributed by atoms with Crippen molar-refractivity contribution in [1.29, 1.82) is 0 Å². The van der Waals surface area contributed by atoms with Gasteiger partial charge < -0.3 is 49.3 Å². The first-order valence-electron chi connectivity index (χ1n) is 21.2. The number of amides is 4. The maximum atomic E-state index is 14.0. The van der Waals surface area contributed by atoms with E-state index >= 15 is 0 Å². The van der Waals surface area contributed by atoms with Crippen LogP contribution >= 0.6 is 23.2 Å². The van der Waals surface area contributed by atoms with Crippen molar-refractivity contribution < 1.29 is 38.1 Å². The zero-order chi connectivity index (χ0) is 43.5. The molecule has 2 aromatic heterocycles. The number of likely N-dealkylation sites (tertiary alicyclic amines) is 2. The molecule has 62 heavy (non-hydrogen) atoms. The highest BCUT2D eigenvalue weighted by atomic mass is 35.5. The quantitative estimate of drug-likeness (QED) is 0.126. The van der Waals surface area contributed by atoms with Crippen LogP contribution in [0.2, 0.25) is 10.3 Å². The molecule has 6 aliphatic rings. The minimum atomic E-state index is -0.745. The molecule has 0 unspecified atom stereocenters. The third kappa shape index (κ3) is 6.71. The van der Waals surface area contributed by atoms with Gasteiger partial charge in [0.1, 0.15) is 70.1 Å². The van der Waals surface area contributed by atoms with Gasteiger partial charge >= 0.3 is 12.2 Å². The number of H-pyrrole nitrogens is 2. The predicted molar refractivity (Wildman–Crippen MR) is 226 cm³/mol. The van der Waals surface area contributed by atoms with E-state index in [2.05, 4.69) is 20.6 Å². The van der Waals surface area contributed by atoms with E-state index in [1.807, 2.05) is 61.8 Å². The molecule has 4 fully saturated rings. The fourth-order valence-corrected chi connectivity index (χ4v) is 10.6. The van der Waals surface area contributed by atoms with E-state index in [1.54, 1.807) is 0 Å². The Morgan fingerprint density at radius 2 is 1.08 bits per heavy atom. The van der Waals surface area contributed by atoms with Crippen molar-refractivity contribution in [1.82, 2.24) is 40.4 Å². The van der Waals surface area contributed by atoms with Gasteiger partial charge in [-0.2, -0.15) is 0 Å². The first-order chi connectivity index (χ1) is 29.7. The smallest absolute Gasteiger partial charge is 0.407 e. The maximum absolute atomic E-state index is 14.0. The number of methoxy groups -OCH3 is 2. The molecule has 6 heterocycles. The number of carbonyl (C=O) groups is 4. The van der Waals surface area contributed by atoms with E-state index in [4.69, 9.17) is 52.1 Å². The van der Waals surface area contributed by atoms with Gasteiger partial charge in [0.15, 0.2) is 0 Å². The molecule has 2 saturated carbocycles. The monoisotopic (exact) mass is 886 g/mol. The summed E-state index contributed by atoms with van der Waals surface area (Å²) in [7, 11) is 2.56. The fraction of sp³-hybridized carbons (Fsp3) is 0.500. The number of nitrogens with one attached hydrogen (secondary N) is 4. The van der Waals surface area contributed by atoms with Gasteiger partial charge in [-0.1, -0.05) is 50.9 Å². The van der Waals surface area contributed by atoms with Gasteiger partial charge in [0.2, 0.25) is 11.8 Å². The first-order valence-corrected chi connectivity index (χ1v) is 21.9. The molecule has 10 rings (SSSR count). The lowest BCUT2D eigenvalue weighted by Gasteiger charge is -2.32. The number of fused-ring (bicyclic) bond motifs is 2. The summed E-state index contributed by atoms with van der Waals surface area (Å²) in [6.07, 6.45) is 2.02. The van der Waals surface area contributed by atoms with Crippen LogP contribution in [-0.2, 0) is 32.3 Å². The van der Waals surface area contributed by atoms with Gasteiger partial charge in [-0.25, -0.2) is 19.6 Å². The van der Waals surface area contributed by atoms with E-state index in [1.165, 1.54) is 14.2 Å². The average Bonchev–Trinajstić information content (AvgIpc) is 3.96. The Labute approximate surface area is 367 Å². The van der Waals surface area contributed by atoms with Gasteiger partial charge in [0.25, 0.3) is 0 Å². The SMILES string of the molecule is COC(=O)N[C@H](C(=O)N1[C@@H]2C[C@@H]2C[C@H]1c1nc(-c2cc3c4c(c2)OCc2cc(-c5nc([C@@H]6C[C@H]7C[C@H]7N6C(=O)[C@@H](NC(=O)OC)C(C)C)[nH]c5Cl)cc(c2-4)OC3)c(Cl)[nH]1)C(C)C. The minimum absolute atomic E-state index is 0.0832. The van der Waals surface area contributed by atoms with E-state index in [-0.39, 0.29) is 61.0 Å². The van der Waals surface area contributed by atoms with Gasteiger partial charge in [-0.3, -0.25) is 9.59 Å². The van der Waals surface area contributed by atoms with E-state index in [9.17, 15) is 19.2 Å². The van der Waals surface area contributed by atoms with Crippen LogP contribution in [0.15, 0.2) is 24.3 Å². The predicted octanol–water partition coefficient (Wildman–Crippen LogP) is 7.31. The molecule has 2 aliphatic carbocycles. The summed E-state index contributed by atoms with van der Waals surface area (Å²) in [6.45, 7) is 8.10. The lowest BCUT2D eigenvalue weighted by Crippen LogP contribution is -2.52. The first kappa shape index (κ1) is 40.6. The van der Waals surface area contributed by atoms with Gasteiger partial charge in [-0.05, 0) is 73.6 Å². The molecule has 2 saturated heterocycles. The number of piperidine rings is 2. The van der Waals surface area contributed by atoms with Crippen molar-refractivity contribution in [2.75, 3.05) is 14.2 Å². The number of hydrogen-bond acceptors (Lipinski definition) is 10. The van der Waals surface area contributed by atoms with Crippen molar-refractivity contribution >= 4 is 47.2 Å². The molecule has 8 atom stereocenters. The highest BCUT2D eigenvalue weighted by molar-refractivity contribution is 6.32. The summed E-state index contributed by atoms with van der Waals surface area (Å²) in [4.78, 5) is 72.5. The number of aromatic nitrogens is 4. The Morgan fingerprint density at radius 3 is 1.45 bits per heavy atom. The Hall–Kier alpha value is -5.48. The van der Waals surface area contributed by atoms with E-state index in [0.717, 1.165) is 59.1 Å². The van der Waals surface area contributed by atoms with Crippen LogP contribution in [0.4, 0.5) is 9.59 Å². The second kappa shape index (κ2) is 15.1. The largest absolute Gasteiger partial charge is 0.488 e. The van der Waals surface area contributed by atoms with Crippen molar-refractivity contribution in [2.45, 2.75) is 103 Å². The lowest BCUT2D eigenvalue weighted by atomic mass is 9.87. The fourth-order valence-electron chi connectivity index (χ4n) is 10.1. The summed E-state index contributed by atoms with van der Waals surface area (Å²) in [6, 6.07) is 5.96. The molecular weight excluding hydrogens is 839 g/mol. The number of nitrogens with zero attached hydrogens (tertiary/aromatic N) is 4. The van der Waals surface area contributed by atoms with Gasteiger partial charge in [-0.15, -0.1) is 0 Å². The van der Waals surface area contributed by atoms with Crippen molar-refractivity contribution in [3.63, 3.8) is 0 Å². The average molecular weight is 888 g/mol. The van der Waals surface area contributed by atoms with Crippen LogP contribution in [-0.4, -0.2) is 92.1 Å². The van der Waals surface area contributed by atoms with Gasteiger partial charge in [0.05, 0.1) is 26.3 Å². The molecule has 4 amide bonds. The summed E-state index contributed by atoms with van der Waals surface area (Å²) in [5, 5.41) is 6.15. The lowest BCUT2D eigenvalue weighted by molar-refractivity contribution is -0.137. The normalized spacial score (nSPS) is 24.4. The molecule has 0 spiro atoms. The standard InChI is InChI=1S/C44H48Cl2N8O8/c1-17(2)33(49-43(57)59-5)41(55)53-25-9-19(25)11-27(53)39-47-35(37(45)51-39)21-7-23-15-62-30-14-22(8-24-16-61-29(13-21)31(23)32(24)30)36-38(46)52-40(48-36)28-12-20-10-26(20)54(28)42(56)34(18(3)4)50-44(58)60-6/h7-8,13-14,17-20,25-28,33-34H,9-12,15-16H2,1-6H3,(H,47,51)(H,48,52)(H,49,57)(H,50,58)/t19-,20-,25-,26-,27+,28+,33+,34+/m1/s1. The van der Waals surface area contributed by atoms with Crippen molar-refractivity contribution in [3.05, 3.63) is 57.3 Å². The highest BCUT2D eigenvalue weighted by Gasteiger charge is 2.57. The number of aromatic amines is 2. The van der Waals surface area contributed by atoms with E-state index in [0.29, 0.717) is 56.7 Å². The second-order valence-electron chi connectivity index (χ2n) is 18.0. The zero-order valence-corrected chi connectivity index (χ0v) is 36.6. The Bertz CT molecular complexity index is 2320. The molecule has 4 aliphatic heterocycles. The van der Waals surface area contributed by atoms with Crippen LogP contribution in [0.5, 0.6) is 11.5 Å². The Balaban J connectivity index is 0.915. The van der Waals surface area contributed by atoms with Crippen molar-refractivity contribution in [2.24, 2.45) is 23.7 Å². The number of imidazole rings is 2. The molecule has 4 N–H and O–H groups in total. The van der Waals surface area contributed by atoms with Crippen molar-refractivity contribution in [3.8, 4) is 45.1 Å². The third-order valence-electron chi connectivity index (χ3n) is 13.4. The summed E-state index contributed by atoms with van der Waals surface area (Å²) in [5.74, 6) is 2.63. The highest BCUT2D eigenvalue weighted by Crippen LogP contribution is 2.56. The molecule has 16 nitrogen and oxygen atoms in total. The van der Waals surface area contributed by atoms with Gasteiger partial charge in [0, 0.05) is 45.5 Å². The molecule has 0 bridgehead atoms. The zero-order valence-electron chi connectivity index (χ0n) is 35.1. The summed E-state index contributed by atoms with van der Waals surface area (Å²) >= 11 is 13.8. The molecule has 0 radical (unpaired) electrons. The van der Waals surface area contributed by atoms with Crippen LogP contribution in [0.3, 0.4) is 0 Å². The molecule has 18 heteroatoms. The number of rotatable bonds is 10. The minimum Gasteiger partial charge on any atom is -0.488 e. The Kier molecular flexibility index (Phi) is 9.89. The van der Waals surface area contributed by atoms with Crippen LogP contribution < -0.4 is 20.1 Å². The number of ether oxygens (including phenoxy) is 4. The molecule has 326 valence electrons. The summed E-state index contributed by atoms with van der Waals surface area (Å²) in [5.41, 5.74) is 6.29. The number of hydrogen-bond donors (Lipinski definition) is 4. The third-order valence-corrected chi connectivity index (χ3v) is 14.0. The Morgan fingerprint density at radius 1 is 0.677 bits per heavy atom.